The van der Waals surface area contributed by atoms with Crippen LogP contribution < -0.4 is 10.0 Å². The summed E-state index contributed by atoms with van der Waals surface area (Å²) < 4.78 is 25.2. The molecule has 1 aliphatic heterocycles. The molecule has 0 bridgehead atoms. The molecule has 1 heterocycles. The van der Waals surface area contributed by atoms with Crippen molar-refractivity contribution in [1.82, 2.24) is 9.62 Å². The number of piperidine rings is 1. The highest BCUT2D eigenvalue weighted by Gasteiger charge is 2.27. The van der Waals surface area contributed by atoms with Gasteiger partial charge >= 0.3 is 0 Å². The van der Waals surface area contributed by atoms with Crippen LogP contribution in [0.2, 0.25) is 0 Å². The van der Waals surface area contributed by atoms with Gasteiger partial charge in [-0.25, -0.2) is 13.1 Å². The van der Waals surface area contributed by atoms with Crippen molar-refractivity contribution >= 4 is 21.6 Å². The molecule has 24 heavy (non-hydrogen) atoms. The predicted molar refractivity (Wildman–Crippen MR) is 96.6 cm³/mol. The van der Waals surface area contributed by atoms with Crippen LogP contribution in [0, 0.1) is 13.8 Å². The zero-order valence-electron chi connectivity index (χ0n) is 14.8. The standard InChI is InChI=1S/C17H27N3O3S/c1-12-5-6-13(2)16(11-12)18-17(21)14(3)20-9-7-15(8-10-20)19-24(4,22)23/h5-6,11,14-15,19H,7-10H2,1-4H3,(H,18,21). The molecule has 0 radical (unpaired) electrons. The second-order valence-corrected chi connectivity index (χ2v) is 8.46. The minimum atomic E-state index is -3.18. The molecule has 1 unspecified atom stereocenters. The molecule has 0 saturated carbocycles. The van der Waals surface area contributed by atoms with Crippen molar-refractivity contribution in [1.29, 1.82) is 0 Å². The van der Waals surface area contributed by atoms with Crippen LogP contribution in [0.5, 0.6) is 0 Å². The maximum absolute atomic E-state index is 12.5. The lowest BCUT2D eigenvalue weighted by Gasteiger charge is -2.35. The first-order chi connectivity index (χ1) is 11.2. The van der Waals surface area contributed by atoms with Crippen molar-refractivity contribution < 1.29 is 13.2 Å². The van der Waals surface area contributed by atoms with Crippen LogP contribution in [-0.4, -0.2) is 50.7 Å². The molecule has 0 aliphatic carbocycles. The Morgan fingerprint density at radius 2 is 1.88 bits per heavy atom. The molecule has 1 fully saturated rings. The number of benzene rings is 1. The van der Waals surface area contributed by atoms with Crippen molar-refractivity contribution in [2.75, 3.05) is 24.7 Å². The molecule has 1 amide bonds. The van der Waals surface area contributed by atoms with E-state index in [1.54, 1.807) is 0 Å². The van der Waals surface area contributed by atoms with E-state index in [2.05, 4.69) is 14.9 Å². The van der Waals surface area contributed by atoms with Crippen molar-refractivity contribution in [2.45, 2.75) is 45.7 Å². The number of carbonyl (C=O) groups is 1. The SMILES string of the molecule is Cc1ccc(C)c(NC(=O)C(C)N2CCC(NS(C)(=O)=O)CC2)c1. The lowest BCUT2D eigenvalue weighted by atomic mass is 10.0. The molecular weight excluding hydrogens is 326 g/mol. The predicted octanol–water partition coefficient (Wildman–Crippen LogP) is 1.64. The number of sulfonamides is 1. The molecular formula is C17H27N3O3S. The Bertz CT molecular complexity index is 695. The topological polar surface area (TPSA) is 78.5 Å². The quantitative estimate of drug-likeness (QED) is 0.844. The molecule has 0 aromatic heterocycles. The Kier molecular flexibility index (Phi) is 6.01. The number of nitrogens with one attached hydrogen (secondary N) is 2. The zero-order chi connectivity index (χ0) is 17.9. The molecule has 1 saturated heterocycles. The van der Waals surface area contributed by atoms with E-state index in [0.29, 0.717) is 25.9 Å². The van der Waals surface area contributed by atoms with Gasteiger partial charge in [-0.1, -0.05) is 12.1 Å². The molecule has 1 aliphatic rings. The van der Waals surface area contributed by atoms with Crippen LogP contribution in [0.1, 0.15) is 30.9 Å². The Morgan fingerprint density at radius 3 is 2.46 bits per heavy atom. The number of nitrogens with zero attached hydrogens (tertiary/aromatic N) is 1. The number of hydrogen-bond acceptors (Lipinski definition) is 4. The third-order valence-corrected chi connectivity index (χ3v) is 5.25. The van der Waals surface area contributed by atoms with Crippen LogP contribution in [0.25, 0.3) is 0 Å². The lowest BCUT2D eigenvalue weighted by Crippen LogP contribution is -2.50. The highest BCUT2D eigenvalue weighted by molar-refractivity contribution is 7.88. The number of hydrogen-bond donors (Lipinski definition) is 2. The normalized spacial score (nSPS) is 18.3. The van der Waals surface area contributed by atoms with Gasteiger partial charge in [0.25, 0.3) is 0 Å². The Labute approximate surface area is 144 Å². The van der Waals surface area contributed by atoms with Gasteiger partial charge in [0, 0.05) is 24.8 Å². The Hall–Kier alpha value is -1.44. The molecule has 1 atom stereocenters. The fourth-order valence-electron chi connectivity index (χ4n) is 2.98. The molecule has 2 rings (SSSR count). The molecule has 2 N–H and O–H groups in total. The van der Waals surface area contributed by atoms with E-state index in [-0.39, 0.29) is 18.0 Å². The number of aryl methyl sites for hydroxylation is 2. The first-order valence-electron chi connectivity index (χ1n) is 8.25. The van der Waals surface area contributed by atoms with E-state index in [1.165, 1.54) is 6.26 Å². The summed E-state index contributed by atoms with van der Waals surface area (Å²) in [7, 11) is -3.18. The Morgan fingerprint density at radius 1 is 1.25 bits per heavy atom. The van der Waals surface area contributed by atoms with Gasteiger partial charge in [0.15, 0.2) is 0 Å². The summed E-state index contributed by atoms with van der Waals surface area (Å²) in [5, 5.41) is 3.01. The van der Waals surface area contributed by atoms with Crippen molar-refractivity contribution in [2.24, 2.45) is 0 Å². The third-order valence-electron chi connectivity index (χ3n) is 4.49. The number of anilines is 1. The average Bonchev–Trinajstić information content (AvgIpc) is 2.49. The van der Waals surface area contributed by atoms with Gasteiger partial charge in [-0.2, -0.15) is 0 Å². The third kappa shape index (κ3) is 5.29. The molecule has 6 nitrogen and oxygen atoms in total. The van der Waals surface area contributed by atoms with Crippen molar-refractivity contribution in [3.05, 3.63) is 29.3 Å². The fourth-order valence-corrected chi connectivity index (χ4v) is 3.82. The van der Waals surface area contributed by atoms with E-state index in [9.17, 15) is 13.2 Å². The van der Waals surface area contributed by atoms with Crippen LogP contribution in [0.4, 0.5) is 5.69 Å². The maximum atomic E-state index is 12.5. The van der Waals surface area contributed by atoms with Crippen LogP contribution in [0.15, 0.2) is 18.2 Å². The van der Waals surface area contributed by atoms with E-state index >= 15 is 0 Å². The maximum Gasteiger partial charge on any atom is 0.241 e. The monoisotopic (exact) mass is 353 g/mol. The van der Waals surface area contributed by atoms with Gasteiger partial charge in [-0.3, -0.25) is 9.69 Å². The minimum absolute atomic E-state index is 0.0294. The highest BCUT2D eigenvalue weighted by Crippen LogP contribution is 2.19. The van der Waals surface area contributed by atoms with Crippen molar-refractivity contribution in [3.63, 3.8) is 0 Å². The molecule has 1 aromatic rings. The number of carbonyl (C=O) groups excluding carboxylic acids is 1. The van der Waals surface area contributed by atoms with Crippen LogP contribution in [-0.2, 0) is 14.8 Å². The highest BCUT2D eigenvalue weighted by atomic mass is 32.2. The molecule has 7 heteroatoms. The summed E-state index contributed by atoms with van der Waals surface area (Å²) in [5.74, 6) is -0.0294. The van der Waals surface area contributed by atoms with E-state index in [4.69, 9.17) is 0 Å². The first-order valence-corrected chi connectivity index (χ1v) is 10.1. The fraction of sp³-hybridized carbons (Fsp3) is 0.588. The average molecular weight is 353 g/mol. The smallest absolute Gasteiger partial charge is 0.241 e. The van der Waals surface area contributed by atoms with E-state index < -0.39 is 10.0 Å². The van der Waals surface area contributed by atoms with Gasteiger partial charge in [-0.15, -0.1) is 0 Å². The van der Waals surface area contributed by atoms with E-state index in [1.807, 2.05) is 39.0 Å². The largest absolute Gasteiger partial charge is 0.324 e. The summed E-state index contributed by atoms with van der Waals surface area (Å²) in [5.41, 5.74) is 2.99. The summed E-state index contributed by atoms with van der Waals surface area (Å²) in [6.45, 7) is 7.27. The lowest BCUT2D eigenvalue weighted by molar-refractivity contribution is -0.121. The molecule has 1 aromatic carbocycles. The summed E-state index contributed by atoms with van der Waals surface area (Å²) in [4.78, 5) is 14.6. The van der Waals surface area contributed by atoms with Gasteiger partial charge in [0.2, 0.25) is 15.9 Å². The number of amides is 1. The summed E-state index contributed by atoms with van der Waals surface area (Å²) >= 11 is 0. The Balaban J connectivity index is 1.91. The van der Waals surface area contributed by atoms with Gasteiger partial charge in [0.1, 0.15) is 0 Å². The second kappa shape index (κ2) is 7.63. The van der Waals surface area contributed by atoms with Crippen LogP contribution in [0.3, 0.4) is 0 Å². The van der Waals surface area contributed by atoms with Gasteiger partial charge in [0.05, 0.1) is 12.3 Å². The summed E-state index contributed by atoms with van der Waals surface area (Å²) in [6.07, 6.45) is 2.61. The second-order valence-electron chi connectivity index (χ2n) is 6.68. The van der Waals surface area contributed by atoms with E-state index in [0.717, 1.165) is 16.8 Å². The number of rotatable bonds is 5. The zero-order valence-corrected chi connectivity index (χ0v) is 15.6. The summed E-state index contributed by atoms with van der Waals surface area (Å²) in [6, 6.07) is 5.71. The minimum Gasteiger partial charge on any atom is -0.324 e. The molecule has 0 spiro atoms. The van der Waals surface area contributed by atoms with Crippen LogP contribution >= 0.6 is 0 Å². The van der Waals surface area contributed by atoms with Gasteiger partial charge < -0.3 is 5.32 Å². The van der Waals surface area contributed by atoms with Crippen molar-refractivity contribution in [3.8, 4) is 0 Å². The first kappa shape index (κ1) is 18.9. The van der Waals surface area contributed by atoms with Gasteiger partial charge in [-0.05, 0) is 50.8 Å². The molecule has 134 valence electrons. The number of likely N-dealkylation sites (tertiary alicyclic amines) is 1.